The third-order valence-electron chi connectivity index (χ3n) is 3.48. The van der Waals surface area contributed by atoms with Gasteiger partial charge < -0.3 is 5.32 Å². The van der Waals surface area contributed by atoms with Crippen molar-refractivity contribution in [2.24, 2.45) is 0 Å². The second kappa shape index (κ2) is 6.12. The third kappa shape index (κ3) is 2.92. The molecule has 1 amide bonds. The molecule has 0 radical (unpaired) electrons. The van der Waals surface area contributed by atoms with Gasteiger partial charge in [0.25, 0.3) is 5.91 Å². The van der Waals surface area contributed by atoms with Crippen molar-refractivity contribution in [3.8, 4) is 0 Å². The van der Waals surface area contributed by atoms with E-state index in [0.717, 1.165) is 16.3 Å². The molecule has 22 heavy (non-hydrogen) atoms. The first kappa shape index (κ1) is 14.5. The first-order chi connectivity index (χ1) is 10.6. The maximum Gasteiger partial charge on any atom is 0.272 e. The molecule has 0 bridgehead atoms. The van der Waals surface area contributed by atoms with Crippen LogP contribution in [0.3, 0.4) is 0 Å². The topological polar surface area (TPSA) is 54.9 Å². The lowest BCUT2D eigenvalue weighted by Gasteiger charge is -2.16. The van der Waals surface area contributed by atoms with Crippen LogP contribution in [0, 0.1) is 0 Å². The predicted molar refractivity (Wildman–Crippen MR) is 86.9 cm³/mol. The number of fused-ring (bicyclic) bond motifs is 1. The van der Waals surface area contributed by atoms with Crippen LogP contribution in [0.4, 0.5) is 0 Å². The average Bonchev–Trinajstić information content (AvgIpc) is 2.54. The van der Waals surface area contributed by atoms with E-state index in [-0.39, 0.29) is 22.8 Å². The van der Waals surface area contributed by atoms with E-state index >= 15 is 0 Å². The summed E-state index contributed by atoms with van der Waals surface area (Å²) in [5.74, 6) is -0.296. The van der Waals surface area contributed by atoms with Crippen LogP contribution in [-0.4, -0.2) is 15.9 Å². The molecule has 110 valence electrons. The summed E-state index contributed by atoms with van der Waals surface area (Å²) in [5.41, 5.74) is 1.26. The van der Waals surface area contributed by atoms with Crippen LogP contribution in [0.1, 0.15) is 29.0 Å². The van der Waals surface area contributed by atoms with Gasteiger partial charge in [0.2, 0.25) is 0 Å². The van der Waals surface area contributed by atoms with E-state index in [4.69, 9.17) is 11.6 Å². The molecule has 2 aromatic carbocycles. The molecule has 3 aromatic rings. The Kier molecular flexibility index (Phi) is 4.02. The smallest absolute Gasteiger partial charge is 0.272 e. The molecule has 4 nitrogen and oxygen atoms in total. The minimum Gasteiger partial charge on any atom is -0.344 e. The predicted octanol–water partition coefficient (Wildman–Crippen LogP) is 3.77. The van der Waals surface area contributed by atoms with Crippen LogP contribution in [0.15, 0.2) is 54.9 Å². The van der Waals surface area contributed by atoms with Crippen molar-refractivity contribution in [3.63, 3.8) is 0 Å². The molecule has 1 atom stereocenters. The van der Waals surface area contributed by atoms with E-state index in [1.54, 1.807) is 0 Å². The molecule has 1 N–H and O–H groups in total. The van der Waals surface area contributed by atoms with Gasteiger partial charge in [-0.3, -0.25) is 9.78 Å². The van der Waals surface area contributed by atoms with E-state index in [1.165, 1.54) is 12.4 Å². The summed E-state index contributed by atoms with van der Waals surface area (Å²) >= 11 is 5.77. The standard InChI is InChI=1S/C17H14ClN3O/c1-11(20-17(22)15-9-19-10-16(18)21-15)13-8-4-6-12-5-2-3-7-14(12)13/h2-11H,1H3,(H,20,22)/t11-/m1/s1. The number of nitrogens with one attached hydrogen (secondary N) is 1. The normalized spacial score (nSPS) is 12.1. The molecule has 0 saturated carbocycles. The number of carbonyl (C=O) groups is 1. The molecule has 0 aliphatic heterocycles. The maximum absolute atomic E-state index is 12.2. The number of nitrogens with zero attached hydrogens (tertiary/aromatic N) is 2. The summed E-state index contributed by atoms with van der Waals surface area (Å²) in [6.45, 7) is 1.94. The van der Waals surface area contributed by atoms with Crippen molar-refractivity contribution in [3.05, 3.63) is 71.3 Å². The fourth-order valence-electron chi connectivity index (χ4n) is 2.43. The Morgan fingerprint density at radius 1 is 1.14 bits per heavy atom. The summed E-state index contributed by atoms with van der Waals surface area (Å²) in [4.78, 5) is 20.1. The van der Waals surface area contributed by atoms with Crippen LogP contribution < -0.4 is 5.32 Å². The second-order valence-electron chi connectivity index (χ2n) is 4.99. The molecule has 0 spiro atoms. The Morgan fingerprint density at radius 3 is 2.73 bits per heavy atom. The van der Waals surface area contributed by atoms with Crippen molar-refractivity contribution in [1.29, 1.82) is 0 Å². The molecule has 0 fully saturated rings. The van der Waals surface area contributed by atoms with Gasteiger partial charge in [0, 0.05) is 0 Å². The number of rotatable bonds is 3. The lowest BCUT2D eigenvalue weighted by molar-refractivity contribution is 0.0934. The summed E-state index contributed by atoms with van der Waals surface area (Å²) in [5, 5.41) is 5.39. The Balaban J connectivity index is 1.87. The zero-order chi connectivity index (χ0) is 15.5. The van der Waals surface area contributed by atoms with E-state index in [1.807, 2.05) is 37.3 Å². The van der Waals surface area contributed by atoms with Gasteiger partial charge in [-0.2, -0.15) is 0 Å². The van der Waals surface area contributed by atoms with Gasteiger partial charge in [0.1, 0.15) is 10.8 Å². The SMILES string of the molecule is C[C@@H](NC(=O)c1cncc(Cl)n1)c1cccc2ccccc12. The van der Waals surface area contributed by atoms with Crippen LogP contribution in [0.25, 0.3) is 10.8 Å². The highest BCUT2D eigenvalue weighted by molar-refractivity contribution is 6.29. The minimum absolute atomic E-state index is 0.153. The van der Waals surface area contributed by atoms with E-state index in [0.29, 0.717) is 0 Å². The lowest BCUT2D eigenvalue weighted by Crippen LogP contribution is -2.27. The summed E-state index contributed by atoms with van der Waals surface area (Å²) in [6.07, 6.45) is 2.80. The molecule has 1 aromatic heterocycles. The molecule has 5 heteroatoms. The Labute approximate surface area is 133 Å². The first-order valence-electron chi connectivity index (χ1n) is 6.91. The molecule has 0 aliphatic carbocycles. The number of halogens is 1. The molecule has 0 unspecified atom stereocenters. The van der Waals surface area contributed by atoms with Gasteiger partial charge in [-0.25, -0.2) is 4.98 Å². The Hall–Kier alpha value is -2.46. The number of carbonyl (C=O) groups excluding carboxylic acids is 1. The van der Waals surface area contributed by atoms with Crippen LogP contribution >= 0.6 is 11.6 Å². The maximum atomic E-state index is 12.2. The van der Waals surface area contributed by atoms with Gasteiger partial charge in [-0.15, -0.1) is 0 Å². The van der Waals surface area contributed by atoms with E-state index in [2.05, 4.69) is 27.4 Å². The van der Waals surface area contributed by atoms with Crippen molar-refractivity contribution in [2.45, 2.75) is 13.0 Å². The summed E-state index contributed by atoms with van der Waals surface area (Å²) < 4.78 is 0. The molecule has 0 aliphatic rings. The number of hydrogen-bond acceptors (Lipinski definition) is 3. The molecular formula is C17H14ClN3O. The van der Waals surface area contributed by atoms with Crippen LogP contribution in [0.2, 0.25) is 5.15 Å². The highest BCUT2D eigenvalue weighted by Crippen LogP contribution is 2.24. The van der Waals surface area contributed by atoms with Crippen molar-refractivity contribution < 1.29 is 4.79 Å². The van der Waals surface area contributed by atoms with Crippen LogP contribution in [0.5, 0.6) is 0 Å². The Bertz CT molecular complexity index is 830. The van der Waals surface area contributed by atoms with Crippen molar-refractivity contribution in [2.75, 3.05) is 0 Å². The second-order valence-corrected chi connectivity index (χ2v) is 5.38. The zero-order valence-electron chi connectivity index (χ0n) is 12.0. The minimum atomic E-state index is -0.296. The molecule has 3 rings (SSSR count). The largest absolute Gasteiger partial charge is 0.344 e. The number of hydrogen-bond donors (Lipinski definition) is 1. The fraction of sp³-hybridized carbons (Fsp3) is 0.118. The quantitative estimate of drug-likeness (QED) is 0.801. The number of aromatic nitrogens is 2. The molecular weight excluding hydrogens is 298 g/mol. The lowest BCUT2D eigenvalue weighted by atomic mass is 9.99. The number of benzene rings is 2. The van der Waals surface area contributed by atoms with Crippen molar-refractivity contribution >= 4 is 28.3 Å². The first-order valence-corrected chi connectivity index (χ1v) is 7.29. The average molecular weight is 312 g/mol. The van der Waals surface area contributed by atoms with Crippen molar-refractivity contribution in [1.82, 2.24) is 15.3 Å². The summed E-state index contributed by atoms with van der Waals surface area (Å²) in [7, 11) is 0. The third-order valence-corrected chi connectivity index (χ3v) is 3.66. The van der Waals surface area contributed by atoms with Gasteiger partial charge in [-0.1, -0.05) is 54.1 Å². The Morgan fingerprint density at radius 2 is 1.91 bits per heavy atom. The molecule has 0 saturated heterocycles. The van der Waals surface area contributed by atoms with Gasteiger partial charge in [0.15, 0.2) is 0 Å². The van der Waals surface area contributed by atoms with Gasteiger partial charge in [-0.05, 0) is 23.3 Å². The summed E-state index contributed by atoms with van der Waals surface area (Å²) in [6, 6.07) is 14.0. The monoisotopic (exact) mass is 311 g/mol. The number of amides is 1. The van der Waals surface area contributed by atoms with Gasteiger partial charge >= 0.3 is 0 Å². The van der Waals surface area contributed by atoms with Gasteiger partial charge in [0.05, 0.1) is 18.4 Å². The van der Waals surface area contributed by atoms with E-state index < -0.39 is 0 Å². The highest BCUT2D eigenvalue weighted by Gasteiger charge is 2.15. The molecule has 1 heterocycles. The van der Waals surface area contributed by atoms with E-state index in [9.17, 15) is 4.79 Å². The highest BCUT2D eigenvalue weighted by atomic mass is 35.5. The zero-order valence-corrected chi connectivity index (χ0v) is 12.7. The van der Waals surface area contributed by atoms with Crippen LogP contribution in [-0.2, 0) is 0 Å². The fourth-order valence-corrected chi connectivity index (χ4v) is 2.58.